The zero-order valence-electron chi connectivity index (χ0n) is 9.81. The molecule has 7 nitrogen and oxygen atoms in total. The second-order valence-corrected chi connectivity index (χ2v) is 3.72. The third-order valence-electron chi connectivity index (χ3n) is 2.44. The van der Waals surface area contributed by atoms with E-state index in [1.807, 2.05) is 0 Å². The van der Waals surface area contributed by atoms with Crippen LogP contribution in [0.5, 0.6) is 0 Å². The number of carbonyl (C=O) groups excluding carboxylic acids is 1. The molecule has 0 aliphatic carbocycles. The molecular formula is C12H10N4O3. The number of hydrogen-bond acceptors (Lipinski definition) is 6. The van der Waals surface area contributed by atoms with Crippen molar-refractivity contribution in [1.82, 2.24) is 10.2 Å². The molecule has 2 rings (SSSR count). The fourth-order valence-electron chi connectivity index (χ4n) is 1.54. The topological polar surface area (TPSA) is 98.0 Å². The van der Waals surface area contributed by atoms with E-state index in [4.69, 9.17) is 0 Å². The summed E-state index contributed by atoms with van der Waals surface area (Å²) in [5.74, 6) is 0. The van der Waals surface area contributed by atoms with E-state index >= 15 is 0 Å². The molecule has 7 heteroatoms. The van der Waals surface area contributed by atoms with Crippen LogP contribution >= 0.6 is 0 Å². The van der Waals surface area contributed by atoms with Gasteiger partial charge in [-0.25, -0.2) is 0 Å². The summed E-state index contributed by atoms with van der Waals surface area (Å²) in [5, 5.41) is 21.4. The predicted octanol–water partition coefficient (Wildman–Crippen LogP) is 1.81. The first-order chi connectivity index (χ1) is 9.20. The van der Waals surface area contributed by atoms with E-state index in [9.17, 15) is 14.9 Å². The van der Waals surface area contributed by atoms with Gasteiger partial charge in [0.05, 0.1) is 17.2 Å². The number of nitrogens with one attached hydrogen (secondary N) is 1. The fraction of sp³-hybridized carbons (Fsp3) is 0.0833. The molecule has 1 N–H and O–H groups in total. The van der Waals surface area contributed by atoms with Gasteiger partial charge in [0.25, 0.3) is 5.69 Å². The molecule has 1 heterocycles. The number of anilines is 1. The maximum absolute atomic E-state index is 10.9. The molecule has 0 fully saturated rings. The summed E-state index contributed by atoms with van der Waals surface area (Å²) in [6.45, 7) is 0.315. The molecule has 1 aromatic heterocycles. The highest BCUT2D eigenvalue weighted by atomic mass is 16.6. The van der Waals surface area contributed by atoms with Crippen molar-refractivity contribution in [1.29, 1.82) is 0 Å². The zero-order valence-corrected chi connectivity index (χ0v) is 9.81. The number of carbonyl (C=O) groups is 1. The summed E-state index contributed by atoms with van der Waals surface area (Å²) in [7, 11) is 0. The SMILES string of the molecule is O=Cc1ccc(NCc2cccnn2)c([N+](=O)[O-])c1. The lowest BCUT2D eigenvalue weighted by Gasteiger charge is -2.06. The van der Waals surface area contributed by atoms with Crippen LogP contribution in [0.3, 0.4) is 0 Å². The van der Waals surface area contributed by atoms with E-state index in [0.29, 0.717) is 24.2 Å². The standard InChI is InChI=1S/C12H10N4O3/c17-8-9-3-4-11(12(6-9)16(18)19)13-7-10-2-1-5-14-15-10/h1-6,8,13H,7H2. The van der Waals surface area contributed by atoms with Crippen LogP contribution in [0.25, 0.3) is 0 Å². The molecule has 0 radical (unpaired) electrons. The fourth-order valence-corrected chi connectivity index (χ4v) is 1.54. The highest BCUT2D eigenvalue weighted by Gasteiger charge is 2.14. The van der Waals surface area contributed by atoms with E-state index in [1.165, 1.54) is 18.2 Å². The van der Waals surface area contributed by atoms with Crippen LogP contribution in [0.4, 0.5) is 11.4 Å². The Hall–Kier alpha value is -2.83. The number of aromatic nitrogens is 2. The summed E-state index contributed by atoms with van der Waals surface area (Å²) >= 11 is 0. The average molecular weight is 258 g/mol. The lowest BCUT2D eigenvalue weighted by Crippen LogP contribution is -2.05. The van der Waals surface area contributed by atoms with Gasteiger partial charge in [-0.05, 0) is 24.3 Å². The summed E-state index contributed by atoms with van der Waals surface area (Å²) < 4.78 is 0. The number of nitrogens with zero attached hydrogens (tertiary/aromatic N) is 3. The molecule has 0 atom stereocenters. The minimum absolute atomic E-state index is 0.145. The van der Waals surface area contributed by atoms with E-state index < -0.39 is 4.92 Å². The number of aldehydes is 1. The van der Waals surface area contributed by atoms with Gasteiger partial charge in [-0.2, -0.15) is 10.2 Å². The molecule has 0 spiro atoms. The van der Waals surface area contributed by atoms with E-state index in [0.717, 1.165) is 0 Å². The van der Waals surface area contributed by atoms with Crippen molar-refractivity contribution < 1.29 is 9.72 Å². The maximum atomic E-state index is 10.9. The van der Waals surface area contributed by atoms with Gasteiger partial charge in [0.2, 0.25) is 0 Å². The van der Waals surface area contributed by atoms with Gasteiger partial charge in [-0.3, -0.25) is 14.9 Å². The minimum Gasteiger partial charge on any atom is -0.374 e. The zero-order chi connectivity index (χ0) is 13.7. The highest BCUT2D eigenvalue weighted by Crippen LogP contribution is 2.25. The Labute approximate surface area is 108 Å². The van der Waals surface area contributed by atoms with Gasteiger partial charge in [0.15, 0.2) is 0 Å². The van der Waals surface area contributed by atoms with Gasteiger partial charge >= 0.3 is 0 Å². The van der Waals surface area contributed by atoms with Crippen molar-refractivity contribution in [2.45, 2.75) is 6.54 Å². The maximum Gasteiger partial charge on any atom is 0.293 e. The number of nitro groups is 1. The molecule has 0 bridgehead atoms. The first kappa shape index (κ1) is 12.6. The van der Waals surface area contributed by atoms with Crippen LogP contribution in [0.15, 0.2) is 36.5 Å². The van der Waals surface area contributed by atoms with Crippen molar-refractivity contribution in [2.75, 3.05) is 5.32 Å². The Morgan fingerprint density at radius 3 is 2.84 bits per heavy atom. The molecule has 96 valence electrons. The molecule has 0 saturated carbocycles. The van der Waals surface area contributed by atoms with Crippen molar-refractivity contribution in [3.8, 4) is 0 Å². The summed E-state index contributed by atoms with van der Waals surface area (Å²) in [6, 6.07) is 7.72. The van der Waals surface area contributed by atoms with Crippen LogP contribution in [0.2, 0.25) is 0 Å². The molecule has 0 unspecified atom stereocenters. The molecule has 0 saturated heterocycles. The molecule has 2 aromatic rings. The first-order valence-corrected chi connectivity index (χ1v) is 5.45. The number of benzene rings is 1. The summed E-state index contributed by atoms with van der Waals surface area (Å²) in [4.78, 5) is 21.0. The Kier molecular flexibility index (Phi) is 3.77. The van der Waals surface area contributed by atoms with Gasteiger partial charge < -0.3 is 5.32 Å². The highest BCUT2D eigenvalue weighted by molar-refractivity contribution is 5.79. The molecule has 19 heavy (non-hydrogen) atoms. The van der Waals surface area contributed by atoms with Crippen molar-refractivity contribution in [3.63, 3.8) is 0 Å². The Balaban J connectivity index is 2.20. The molecular weight excluding hydrogens is 248 g/mol. The average Bonchev–Trinajstić information content (AvgIpc) is 2.46. The van der Waals surface area contributed by atoms with Gasteiger partial charge in [-0.15, -0.1) is 0 Å². The Morgan fingerprint density at radius 2 is 2.21 bits per heavy atom. The quantitative estimate of drug-likeness (QED) is 0.499. The van der Waals surface area contributed by atoms with E-state index in [2.05, 4.69) is 15.5 Å². The van der Waals surface area contributed by atoms with Crippen molar-refractivity contribution in [2.24, 2.45) is 0 Å². The Bertz CT molecular complexity index is 601. The molecule has 1 aromatic carbocycles. The second kappa shape index (κ2) is 5.67. The van der Waals surface area contributed by atoms with Gasteiger partial charge in [0, 0.05) is 17.8 Å². The van der Waals surface area contributed by atoms with Crippen molar-refractivity contribution >= 4 is 17.7 Å². The largest absolute Gasteiger partial charge is 0.374 e. The van der Waals surface area contributed by atoms with E-state index in [-0.39, 0.29) is 11.3 Å². The number of hydrogen-bond donors (Lipinski definition) is 1. The van der Waals surface area contributed by atoms with Crippen molar-refractivity contribution in [3.05, 3.63) is 57.9 Å². The molecule has 0 amide bonds. The Morgan fingerprint density at radius 1 is 1.37 bits per heavy atom. The van der Waals surface area contributed by atoms with Crippen LogP contribution in [0.1, 0.15) is 16.1 Å². The lowest BCUT2D eigenvalue weighted by molar-refractivity contribution is -0.384. The smallest absolute Gasteiger partial charge is 0.293 e. The van der Waals surface area contributed by atoms with Crippen LogP contribution in [-0.4, -0.2) is 21.4 Å². The molecule has 0 aliphatic heterocycles. The summed E-state index contributed by atoms with van der Waals surface area (Å²) in [6.07, 6.45) is 2.12. The minimum atomic E-state index is -0.536. The number of rotatable bonds is 5. The van der Waals surface area contributed by atoms with E-state index in [1.54, 1.807) is 18.3 Å². The number of nitro benzene ring substituents is 1. The van der Waals surface area contributed by atoms with Crippen LogP contribution in [-0.2, 0) is 6.54 Å². The monoisotopic (exact) mass is 258 g/mol. The van der Waals surface area contributed by atoms with Crippen LogP contribution in [0, 0.1) is 10.1 Å². The third-order valence-corrected chi connectivity index (χ3v) is 2.44. The third kappa shape index (κ3) is 3.09. The normalized spacial score (nSPS) is 9.89. The lowest BCUT2D eigenvalue weighted by atomic mass is 10.2. The van der Waals surface area contributed by atoms with Gasteiger partial charge in [-0.1, -0.05) is 0 Å². The second-order valence-electron chi connectivity index (χ2n) is 3.72. The van der Waals surface area contributed by atoms with Crippen LogP contribution < -0.4 is 5.32 Å². The van der Waals surface area contributed by atoms with Gasteiger partial charge in [0.1, 0.15) is 12.0 Å². The predicted molar refractivity (Wildman–Crippen MR) is 67.8 cm³/mol. The molecule has 0 aliphatic rings. The first-order valence-electron chi connectivity index (χ1n) is 5.45. The summed E-state index contributed by atoms with van der Waals surface area (Å²) in [5.41, 5.74) is 1.11.